The van der Waals surface area contributed by atoms with Crippen LogP contribution in [0.25, 0.3) is 0 Å². The van der Waals surface area contributed by atoms with Gasteiger partial charge >= 0.3 is 0 Å². The quantitative estimate of drug-likeness (QED) is 0.449. The summed E-state index contributed by atoms with van der Waals surface area (Å²) in [6.07, 6.45) is 2.01. The lowest BCUT2D eigenvalue weighted by Gasteiger charge is -2.41. The van der Waals surface area contributed by atoms with Gasteiger partial charge in [-0.05, 0) is 30.7 Å². The molecule has 0 bridgehead atoms. The van der Waals surface area contributed by atoms with Gasteiger partial charge in [-0.1, -0.05) is 32.4 Å². The number of allylic oxidation sites excluding steroid dienone is 1. The highest BCUT2D eigenvalue weighted by Gasteiger charge is 2.34. The van der Waals surface area contributed by atoms with Crippen molar-refractivity contribution in [2.75, 3.05) is 11.4 Å². The second-order valence-corrected chi connectivity index (χ2v) is 7.09. The summed E-state index contributed by atoms with van der Waals surface area (Å²) in [5, 5.41) is 20.9. The first-order valence-electron chi connectivity index (χ1n) is 7.51. The van der Waals surface area contributed by atoms with Gasteiger partial charge in [0.1, 0.15) is 17.6 Å². The minimum absolute atomic E-state index is 0.0611. The number of amidine groups is 1. The van der Waals surface area contributed by atoms with Gasteiger partial charge in [0.15, 0.2) is 0 Å². The number of anilines is 1. The Kier molecular flexibility index (Phi) is 5.00. The summed E-state index contributed by atoms with van der Waals surface area (Å²) in [6, 6.07) is 7.02. The van der Waals surface area contributed by atoms with Gasteiger partial charge in [-0.25, -0.2) is 0 Å². The molecule has 0 radical (unpaired) electrons. The van der Waals surface area contributed by atoms with E-state index >= 15 is 0 Å². The minimum atomic E-state index is -0.456. The molecule has 1 heterocycles. The topological polar surface area (TPSA) is 76.4 Å². The normalized spacial score (nSPS) is 18.3. The smallest absolute Gasteiger partial charge is 0.248 e. The molecule has 1 aromatic carbocycles. The van der Waals surface area contributed by atoms with Crippen molar-refractivity contribution in [1.82, 2.24) is 5.32 Å². The molecule has 23 heavy (non-hydrogen) atoms. The van der Waals surface area contributed by atoms with Crippen LogP contribution in [0, 0.1) is 10.8 Å². The number of carbonyl (C=O) groups excluding carboxylic acids is 1. The van der Waals surface area contributed by atoms with Crippen molar-refractivity contribution >= 4 is 29.0 Å². The molecule has 1 aromatic rings. The molecule has 1 saturated heterocycles. The van der Waals surface area contributed by atoms with E-state index in [1.54, 1.807) is 12.1 Å². The number of hydrogen-bond donors (Lipinski definition) is 3. The van der Waals surface area contributed by atoms with Gasteiger partial charge in [0, 0.05) is 28.7 Å². The van der Waals surface area contributed by atoms with Crippen LogP contribution in [0.3, 0.4) is 0 Å². The number of amides is 1. The van der Waals surface area contributed by atoms with Crippen molar-refractivity contribution in [1.29, 1.82) is 5.41 Å². The molecule has 6 heteroatoms. The zero-order valence-electron chi connectivity index (χ0n) is 13.6. The number of rotatable bonds is 3. The average Bonchev–Trinajstić information content (AvgIpc) is 2.38. The van der Waals surface area contributed by atoms with Crippen LogP contribution < -0.4 is 10.2 Å². The predicted molar refractivity (Wildman–Crippen MR) is 93.2 cm³/mol. The summed E-state index contributed by atoms with van der Waals surface area (Å²) in [4.78, 5) is 14.3. The van der Waals surface area contributed by atoms with Crippen molar-refractivity contribution < 1.29 is 9.90 Å². The maximum absolute atomic E-state index is 12.3. The predicted octanol–water partition coefficient (Wildman–Crippen LogP) is 3.50. The zero-order chi connectivity index (χ0) is 17.2. The van der Waals surface area contributed by atoms with Crippen LogP contribution in [0.5, 0.6) is 0 Å². The third kappa shape index (κ3) is 4.26. The monoisotopic (exact) mass is 335 g/mol. The second-order valence-electron chi connectivity index (χ2n) is 6.66. The van der Waals surface area contributed by atoms with E-state index in [4.69, 9.17) is 17.0 Å². The Morgan fingerprint density at radius 1 is 1.39 bits per heavy atom. The van der Waals surface area contributed by atoms with E-state index in [2.05, 4.69) is 5.32 Å². The first-order chi connectivity index (χ1) is 10.7. The summed E-state index contributed by atoms with van der Waals surface area (Å²) in [5.41, 5.74) is 0.475. The summed E-state index contributed by atoms with van der Waals surface area (Å²) in [7, 11) is 0. The zero-order valence-corrected chi connectivity index (χ0v) is 14.3. The van der Waals surface area contributed by atoms with Gasteiger partial charge in [0.05, 0.1) is 0 Å². The maximum atomic E-state index is 12.3. The molecule has 0 unspecified atom stereocenters. The Hall–Kier alpha value is -2.01. The molecule has 1 amide bonds. The van der Waals surface area contributed by atoms with Gasteiger partial charge in [-0.3, -0.25) is 10.2 Å². The third-order valence-corrected chi connectivity index (χ3v) is 4.04. The molecule has 1 atom stereocenters. The maximum Gasteiger partial charge on any atom is 0.248 e. The van der Waals surface area contributed by atoms with Crippen LogP contribution in [-0.4, -0.2) is 29.4 Å². The largest absolute Gasteiger partial charge is 0.512 e. The summed E-state index contributed by atoms with van der Waals surface area (Å²) in [5.74, 6) is -0.287. The van der Waals surface area contributed by atoms with Crippen LogP contribution in [-0.2, 0) is 4.79 Å². The SMILES string of the molecule is CC(C)(C)/C(O)=C/C(=N)NC(=O)[C@@H]1CCN1c1ccc(Cl)cc1. The lowest BCUT2D eigenvalue weighted by atomic mass is 9.93. The molecule has 2 rings (SSSR count). The molecular weight excluding hydrogens is 314 g/mol. The first-order valence-corrected chi connectivity index (χ1v) is 7.89. The number of halogens is 1. The van der Waals surface area contributed by atoms with E-state index in [9.17, 15) is 9.90 Å². The van der Waals surface area contributed by atoms with Gasteiger partial charge < -0.3 is 15.3 Å². The van der Waals surface area contributed by atoms with E-state index in [1.807, 2.05) is 37.8 Å². The van der Waals surface area contributed by atoms with Gasteiger partial charge in [-0.15, -0.1) is 0 Å². The summed E-state index contributed by atoms with van der Waals surface area (Å²) < 4.78 is 0. The molecule has 0 saturated carbocycles. The van der Waals surface area contributed by atoms with Crippen molar-refractivity contribution in [3.63, 3.8) is 0 Å². The van der Waals surface area contributed by atoms with E-state index in [1.165, 1.54) is 6.08 Å². The molecular formula is C17H22ClN3O2. The number of benzene rings is 1. The van der Waals surface area contributed by atoms with Crippen molar-refractivity contribution in [2.24, 2.45) is 5.41 Å². The van der Waals surface area contributed by atoms with Gasteiger partial charge in [0.25, 0.3) is 0 Å². The molecule has 1 aliphatic rings. The number of aliphatic hydroxyl groups excluding tert-OH is 1. The summed E-state index contributed by atoms with van der Waals surface area (Å²) >= 11 is 5.87. The fourth-order valence-corrected chi connectivity index (χ4v) is 2.33. The Balaban J connectivity index is 1.98. The second kappa shape index (κ2) is 6.62. The van der Waals surface area contributed by atoms with Crippen LogP contribution in [0.15, 0.2) is 36.1 Å². The Labute approximate surface area is 141 Å². The van der Waals surface area contributed by atoms with Gasteiger partial charge in [0.2, 0.25) is 5.91 Å². The lowest BCUT2D eigenvalue weighted by Crippen LogP contribution is -2.57. The lowest BCUT2D eigenvalue weighted by molar-refractivity contribution is -0.122. The molecule has 124 valence electrons. The number of nitrogens with one attached hydrogen (secondary N) is 2. The molecule has 3 N–H and O–H groups in total. The Morgan fingerprint density at radius 2 is 2.00 bits per heavy atom. The molecule has 5 nitrogen and oxygen atoms in total. The number of nitrogens with zero attached hydrogens (tertiary/aromatic N) is 1. The number of carbonyl (C=O) groups is 1. The Morgan fingerprint density at radius 3 is 2.48 bits per heavy atom. The molecule has 1 aliphatic heterocycles. The highest BCUT2D eigenvalue weighted by Crippen LogP contribution is 2.27. The highest BCUT2D eigenvalue weighted by atomic mass is 35.5. The fourth-order valence-electron chi connectivity index (χ4n) is 2.21. The number of hydrogen-bond acceptors (Lipinski definition) is 4. The van der Waals surface area contributed by atoms with Crippen molar-refractivity contribution in [3.05, 3.63) is 41.1 Å². The Bertz CT molecular complexity index is 632. The molecule has 0 aromatic heterocycles. The van der Waals surface area contributed by atoms with E-state index in [0.717, 1.165) is 18.7 Å². The number of aliphatic hydroxyl groups is 1. The highest BCUT2D eigenvalue weighted by molar-refractivity contribution is 6.30. The van der Waals surface area contributed by atoms with Crippen LogP contribution in [0.4, 0.5) is 5.69 Å². The average molecular weight is 336 g/mol. The summed E-state index contributed by atoms with van der Waals surface area (Å²) in [6.45, 7) is 6.29. The molecule has 0 aliphatic carbocycles. The van der Waals surface area contributed by atoms with Crippen LogP contribution in [0.1, 0.15) is 27.2 Å². The van der Waals surface area contributed by atoms with E-state index in [-0.39, 0.29) is 23.5 Å². The van der Waals surface area contributed by atoms with Crippen LogP contribution >= 0.6 is 11.6 Å². The van der Waals surface area contributed by atoms with Crippen LogP contribution in [0.2, 0.25) is 5.02 Å². The first kappa shape index (κ1) is 17.3. The minimum Gasteiger partial charge on any atom is -0.512 e. The van der Waals surface area contributed by atoms with E-state index < -0.39 is 5.41 Å². The third-order valence-electron chi connectivity index (χ3n) is 3.79. The fraction of sp³-hybridized carbons (Fsp3) is 0.412. The van der Waals surface area contributed by atoms with Gasteiger partial charge in [-0.2, -0.15) is 0 Å². The molecule has 1 fully saturated rings. The van der Waals surface area contributed by atoms with Crippen molar-refractivity contribution in [3.8, 4) is 0 Å². The van der Waals surface area contributed by atoms with E-state index in [0.29, 0.717) is 5.02 Å². The van der Waals surface area contributed by atoms with Crippen molar-refractivity contribution in [2.45, 2.75) is 33.2 Å². The molecule has 0 spiro atoms. The standard InChI is InChI=1S/C17H22ClN3O2/c1-17(2,3)14(22)10-15(19)20-16(23)13-8-9-21(13)12-6-4-11(18)5-7-12/h4-7,10,13,22H,8-9H2,1-3H3,(H2,19,20,23)/b14-10-/t13-/m0/s1.